The molecule has 1 heterocycles. The van der Waals surface area contributed by atoms with Gasteiger partial charge in [-0.1, -0.05) is 40.5 Å². The predicted molar refractivity (Wildman–Crippen MR) is 76.3 cm³/mol. The maximum Gasteiger partial charge on any atom is 0.241 e. The predicted octanol–water partition coefficient (Wildman–Crippen LogP) is 3.15. The molecule has 0 aliphatic carbocycles. The summed E-state index contributed by atoms with van der Waals surface area (Å²) >= 11 is 0. The quantitative estimate of drug-likeness (QED) is 0.721. The SMILES string of the molecule is CCCC1NC(CCC)N(CCCC(C)C)C1=O. The van der Waals surface area contributed by atoms with Gasteiger partial charge in [-0.3, -0.25) is 10.1 Å². The molecule has 1 rings (SSSR count). The number of rotatable bonds is 8. The molecule has 18 heavy (non-hydrogen) atoms. The van der Waals surface area contributed by atoms with Crippen molar-refractivity contribution in [1.82, 2.24) is 10.2 Å². The first-order valence-corrected chi connectivity index (χ1v) is 7.66. The molecule has 2 atom stereocenters. The van der Waals surface area contributed by atoms with E-state index >= 15 is 0 Å². The van der Waals surface area contributed by atoms with E-state index in [9.17, 15) is 4.79 Å². The molecular weight excluding hydrogens is 224 g/mol. The van der Waals surface area contributed by atoms with Crippen molar-refractivity contribution in [2.24, 2.45) is 5.92 Å². The molecule has 1 aliphatic rings. The molecule has 3 heteroatoms. The van der Waals surface area contributed by atoms with Crippen LogP contribution in [0.25, 0.3) is 0 Å². The Morgan fingerprint density at radius 3 is 2.44 bits per heavy atom. The van der Waals surface area contributed by atoms with E-state index in [1.165, 1.54) is 6.42 Å². The van der Waals surface area contributed by atoms with Gasteiger partial charge in [0, 0.05) is 6.54 Å². The van der Waals surface area contributed by atoms with Gasteiger partial charge in [0.05, 0.1) is 12.2 Å². The zero-order valence-corrected chi connectivity index (χ0v) is 12.5. The van der Waals surface area contributed by atoms with Crippen molar-refractivity contribution < 1.29 is 4.79 Å². The molecular formula is C15H30N2O. The van der Waals surface area contributed by atoms with Gasteiger partial charge in [0.2, 0.25) is 5.91 Å². The van der Waals surface area contributed by atoms with Crippen molar-refractivity contribution in [2.75, 3.05) is 6.54 Å². The van der Waals surface area contributed by atoms with Crippen LogP contribution < -0.4 is 5.32 Å². The van der Waals surface area contributed by atoms with Crippen LogP contribution in [-0.4, -0.2) is 29.6 Å². The summed E-state index contributed by atoms with van der Waals surface area (Å²) in [5, 5.41) is 3.51. The summed E-state index contributed by atoms with van der Waals surface area (Å²) in [5.74, 6) is 1.06. The molecule has 1 amide bonds. The van der Waals surface area contributed by atoms with Crippen LogP contribution in [0.3, 0.4) is 0 Å². The second-order valence-electron chi connectivity index (χ2n) is 5.88. The third kappa shape index (κ3) is 4.27. The van der Waals surface area contributed by atoms with E-state index in [0.29, 0.717) is 5.91 Å². The third-order valence-electron chi connectivity index (χ3n) is 3.67. The van der Waals surface area contributed by atoms with Crippen LogP contribution in [0, 0.1) is 5.92 Å². The zero-order chi connectivity index (χ0) is 13.5. The minimum absolute atomic E-state index is 0.0746. The summed E-state index contributed by atoms with van der Waals surface area (Å²) in [6.45, 7) is 9.74. The Morgan fingerprint density at radius 1 is 1.22 bits per heavy atom. The minimum Gasteiger partial charge on any atom is -0.326 e. The summed E-state index contributed by atoms with van der Waals surface area (Å²) in [5.41, 5.74) is 0. The summed E-state index contributed by atoms with van der Waals surface area (Å²) < 4.78 is 0. The second kappa shape index (κ2) is 7.78. The van der Waals surface area contributed by atoms with Crippen LogP contribution in [0.5, 0.6) is 0 Å². The van der Waals surface area contributed by atoms with Crippen molar-refractivity contribution in [3.8, 4) is 0 Å². The highest BCUT2D eigenvalue weighted by Crippen LogP contribution is 2.19. The highest BCUT2D eigenvalue weighted by atomic mass is 16.2. The molecule has 0 aromatic carbocycles. The lowest BCUT2D eigenvalue weighted by Crippen LogP contribution is -2.38. The average molecular weight is 254 g/mol. The third-order valence-corrected chi connectivity index (χ3v) is 3.67. The van der Waals surface area contributed by atoms with Gasteiger partial charge >= 0.3 is 0 Å². The van der Waals surface area contributed by atoms with Gasteiger partial charge in [-0.25, -0.2) is 0 Å². The van der Waals surface area contributed by atoms with Crippen LogP contribution in [0.2, 0.25) is 0 Å². The van der Waals surface area contributed by atoms with Gasteiger partial charge in [0.15, 0.2) is 0 Å². The maximum atomic E-state index is 12.3. The summed E-state index contributed by atoms with van der Waals surface area (Å²) in [6, 6.07) is 0.0746. The molecule has 0 aromatic rings. The van der Waals surface area contributed by atoms with Gasteiger partial charge < -0.3 is 4.90 Å². The van der Waals surface area contributed by atoms with Crippen molar-refractivity contribution in [2.45, 2.75) is 78.4 Å². The fraction of sp³-hybridized carbons (Fsp3) is 0.933. The Morgan fingerprint density at radius 2 is 1.89 bits per heavy atom. The molecule has 0 spiro atoms. The number of hydrogen-bond donors (Lipinski definition) is 1. The van der Waals surface area contributed by atoms with Crippen molar-refractivity contribution in [1.29, 1.82) is 0 Å². The van der Waals surface area contributed by atoms with E-state index < -0.39 is 0 Å². The second-order valence-corrected chi connectivity index (χ2v) is 5.88. The first kappa shape index (κ1) is 15.5. The summed E-state index contributed by atoms with van der Waals surface area (Å²) in [6.07, 6.45) is 6.87. The van der Waals surface area contributed by atoms with Crippen molar-refractivity contribution in [3.05, 3.63) is 0 Å². The number of amides is 1. The van der Waals surface area contributed by atoms with Crippen LogP contribution in [0.1, 0.15) is 66.2 Å². The number of hydrogen-bond acceptors (Lipinski definition) is 2. The normalized spacial score (nSPS) is 24.3. The zero-order valence-electron chi connectivity index (χ0n) is 12.5. The molecule has 1 N–H and O–H groups in total. The fourth-order valence-corrected chi connectivity index (χ4v) is 2.69. The van der Waals surface area contributed by atoms with Crippen LogP contribution >= 0.6 is 0 Å². The van der Waals surface area contributed by atoms with E-state index in [0.717, 1.165) is 44.6 Å². The van der Waals surface area contributed by atoms with Gasteiger partial charge in [-0.05, 0) is 31.6 Å². The van der Waals surface area contributed by atoms with E-state index in [4.69, 9.17) is 0 Å². The highest BCUT2D eigenvalue weighted by molar-refractivity contribution is 5.84. The number of nitrogens with one attached hydrogen (secondary N) is 1. The topological polar surface area (TPSA) is 32.3 Å². The van der Waals surface area contributed by atoms with E-state index in [1.54, 1.807) is 0 Å². The van der Waals surface area contributed by atoms with E-state index in [2.05, 4.69) is 37.9 Å². The van der Waals surface area contributed by atoms with Gasteiger partial charge in [-0.2, -0.15) is 0 Å². The van der Waals surface area contributed by atoms with Gasteiger partial charge in [0.25, 0.3) is 0 Å². The number of carbonyl (C=O) groups is 1. The Bertz CT molecular complexity index is 253. The Labute approximate surface area is 112 Å². The molecule has 0 radical (unpaired) electrons. The first-order chi connectivity index (χ1) is 8.60. The molecule has 1 saturated heterocycles. The molecule has 106 valence electrons. The van der Waals surface area contributed by atoms with E-state index in [-0.39, 0.29) is 12.2 Å². The van der Waals surface area contributed by atoms with Crippen LogP contribution in [-0.2, 0) is 4.79 Å². The molecule has 0 saturated carbocycles. The molecule has 2 unspecified atom stereocenters. The molecule has 0 aromatic heterocycles. The fourth-order valence-electron chi connectivity index (χ4n) is 2.69. The smallest absolute Gasteiger partial charge is 0.241 e. The lowest BCUT2D eigenvalue weighted by atomic mass is 10.1. The summed E-state index contributed by atoms with van der Waals surface area (Å²) in [4.78, 5) is 14.4. The largest absolute Gasteiger partial charge is 0.326 e. The van der Waals surface area contributed by atoms with Crippen molar-refractivity contribution >= 4 is 5.91 Å². The van der Waals surface area contributed by atoms with Crippen LogP contribution in [0.4, 0.5) is 0 Å². The molecule has 1 aliphatic heterocycles. The standard InChI is InChI=1S/C15H30N2O/c1-5-8-13-15(18)17(11-7-10-12(3)4)14(16-13)9-6-2/h12-14,16H,5-11H2,1-4H3. The first-order valence-electron chi connectivity index (χ1n) is 7.66. The van der Waals surface area contributed by atoms with Gasteiger partial charge in [-0.15, -0.1) is 0 Å². The summed E-state index contributed by atoms with van der Waals surface area (Å²) in [7, 11) is 0. The minimum atomic E-state index is 0.0746. The number of nitrogens with zero attached hydrogens (tertiary/aromatic N) is 1. The maximum absolute atomic E-state index is 12.3. The molecule has 1 fully saturated rings. The number of carbonyl (C=O) groups excluding carboxylic acids is 1. The average Bonchev–Trinajstić information content (AvgIpc) is 2.58. The highest BCUT2D eigenvalue weighted by Gasteiger charge is 2.36. The van der Waals surface area contributed by atoms with Crippen LogP contribution in [0.15, 0.2) is 0 Å². The molecule has 0 bridgehead atoms. The Kier molecular flexibility index (Phi) is 6.69. The lowest BCUT2D eigenvalue weighted by molar-refractivity contribution is -0.130. The monoisotopic (exact) mass is 254 g/mol. The Balaban J connectivity index is 2.51. The van der Waals surface area contributed by atoms with E-state index in [1.807, 2.05) is 0 Å². The lowest BCUT2D eigenvalue weighted by Gasteiger charge is -2.24. The Hall–Kier alpha value is -0.570. The van der Waals surface area contributed by atoms with Gasteiger partial charge in [0.1, 0.15) is 0 Å². The molecule has 3 nitrogen and oxygen atoms in total. The van der Waals surface area contributed by atoms with Crippen molar-refractivity contribution in [3.63, 3.8) is 0 Å².